The maximum Gasteiger partial charge on any atom is 0.263 e. The number of aromatic hydroxyl groups is 1. The molecular formula is C27H25FN4O3S. The van der Waals surface area contributed by atoms with Crippen molar-refractivity contribution in [2.24, 2.45) is 12.1 Å². The molecule has 2 aliphatic heterocycles. The number of anilines is 2. The molecule has 0 bridgehead atoms. The fraction of sp³-hybridized carbons (Fsp3) is 0.259. The maximum absolute atomic E-state index is 13.7. The van der Waals surface area contributed by atoms with E-state index in [1.54, 1.807) is 41.2 Å². The lowest BCUT2D eigenvalue weighted by atomic mass is 10.0. The average Bonchev–Trinajstić information content (AvgIpc) is 3.57. The van der Waals surface area contributed by atoms with E-state index in [0.717, 1.165) is 28.7 Å². The molecule has 2 aliphatic rings. The number of benzene rings is 2. The molecule has 1 saturated heterocycles. The summed E-state index contributed by atoms with van der Waals surface area (Å²) in [4.78, 5) is 16.8. The number of halogens is 1. The van der Waals surface area contributed by atoms with Crippen LogP contribution in [-0.4, -0.2) is 41.7 Å². The summed E-state index contributed by atoms with van der Waals surface area (Å²) in [6.45, 7) is 3.09. The molecule has 2 aromatic heterocycles. The number of thiophene rings is 1. The minimum absolute atomic E-state index is 0.0626. The Hall–Kier alpha value is -3.69. The number of hydrogen-bond acceptors (Lipinski definition) is 7. The van der Waals surface area contributed by atoms with Crippen LogP contribution in [0.15, 0.2) is 70.6 Å². The van der Waals surface area contributed by atoms with Gasteiger partial charge < -0.3 is 19.3 Å². The number of ether oxygens (including phenoxy) is 1. The second-order valence-electron chi connectivity index (χ2n) is 8.97. The summed E-state index contributed by atoms with van der Waals surface area (Å²) in [5, 5.41) is 19.6. The summed E-state index contributed by atoms with van der Waals surface area (Å²) in [6, 6.07) is 17.5. The van der Waals surface area contributed by atoms with Crippen molar-refractivity contribution < 1.29 is 14.2 Å². The van der Waals surface area contributed by atoms with Crippen molar-refractivity contribution in [3.8, 4) is 5.75 Å². The van der Waals surface area contributed by atoms with E-state index in [1.165, 1.54) is 12.1 Å². The predicted octanol–water partition coefficient (Wildman–Crippen LogP) is 4.64. The largest absolute Gasteiger partial charge is 0.506 e. The van der Waals surface area contributed by atoms with Gasteiger partial charge >= 0.3 is 0 Å². The number of pyridine rings is 1. The SMILES string of the molecule is Cn1c(=O)c(C2=NN(c3ccc(F)cc3)C(c3ccc(N4CCOCC4)s3)C2)c(O)c2ccccc21. The number of aryl methyl sites for hydroxylation is 1. The highest BCUT2D eigenvalue weighted by molar-refractivity contribution is 7.16. The third kappa shape index (κ3) is 3.84. The van der Waals surface area contributed by atoms with Gasteiger partial charge in [0.05, 0.1) is 41.2 Å². The lowest BCUT2D eigenvalue weighted by Crippen LogP contribution is -2.35. The monoisotopic (exact) mass is 504 g/mol. The van der Waals surface area contributed by atoms with E-state index in [1.807, 2.05) is 23.2 Å². The van der Waals surface area contributed by atoms with Gasteiger partial charge in [0, 0.05) is 36.8 Å². The number of morpholine rings is 1. The molecular weight excluding hydrogens is 479 g/mol. The molecule has 9 heteroatoms. The lowest BCUT2D eigenvalue weighted by Gasteiger charge is -2.27. The van der Waals surface area contributed by atoms with Crippen LogP contribution in [0.4, 0.5) is 15.1 Å². The van der Waals surface area contributed by atoms with Gasteiger partial charge in [0.2, 0.25) is 0 Å². The summed E-state index contributed by atoms with van der Waals surface area (Å²) in [6.07, 6.45) is 0.432. The number of hydrogen-bond donors (Lipinski definition) is 1. The van der Waals surface area contributed by atoms with E-state index in [0.29, 0.717) is 36.2 Å². The number of para-hydroxylation sites is 1. The zero-order valence-electron chi connectivity index (χ0n) is 19.7. The molecule has 0 amide bonds. The lowest BCUT2D eigenvalue weighted by molar-refractivity contribution is 0.123. The van der Waals surface area contributed by atoms with E-state index in [9.17, 15) is 14.3 Å². The van der Waals surface area contributed by atoms with Crippen LogP contribution >= 0.6 is 11.3 Å². The quantitative estimate of drug-likeness (QED) is 0.439. The Balaban J connectivity index is 1.44. The fourth-order valence-corrected chi connectivity index (χ4v) is 6.07. The average molecular weight is 505 g/mol. The molecule has 7 nitrogen and oxygen atoms in total. The smallest absolute Gasteiger partial charge is 0.263 e. The van der Waals surface area contributed by atoms with Gasteiger partial charge in [-0.05, 0) is 48.5 Å². The van der Waals surface area contributed by atoms with Crippen LogP contribution < -0.4 is 15.5 Å². The topological polar surface area (TPSA) is 70.3 Å². The van der Waals surface area contributed by atoms with Crippen LogP contribution in [0.2, 0.25) is 0 Å². The second-order valence-corrected chi connectivity index (χ2v) is 10.1. The molecule has 0 radical (unpaired) electrons. The van der Waals surface area contributed by atoms with Gasteiger partial charge in [-0.1, -0.05) is 12.1 Å². The summed E-state index contributed by atoms with van der Waals surface area (Å²) < 4.78 is 20.7. The summed E-state index contributed by atoms with van der Waals surface area (Å²) in [5.74, 6) is -0.391. The van der Waals surface area contributed by atoms with E-state index in [-0.39, 0.29) is 28.7 Å². The number of rotatable bonds is 4. The van der Waals surface area contributed by atoms with Crippen LogP contribution in [-0.2, 0) is 11.8 Å². The Kier molecular flexibility index (Phi) is 5.73. The molecule has 4 heterocycles. The summed E-state index contributed by atoms with van der Waals surface area (Å²) in [7, 11) is 1.70. The van der Waals surface area contributed by atoms with Gasteiger partial charge in [0.1, 0.15) is 17.1 Å². The van der Waals surface area contributed by atoms with Crippen LogP contribution in [0.5, 0.6) is 5.75 Å². The summed E-state index contributed by atoms with van der Waals surface area (Å²) >= 11 is 1.69. The second kappa shape index (κ2) is 9.07. The molecule has 0 aliphatic carbocycles. The number of nitrogens with zero attached hydrogens (tertiary/aromatic N) is 4. The van der Waals surface area contributed by atoms with Crippen molar-refractivity contribution in [1.29, 1.82) is 0 Å². The molecule has 36 heavy (non-hydrogen) atoms. The molecule has 1 atom stereocenters. The van der Waals surface area contributed by atoms with Crippen molar-refractivity contribution in [2.45, 2.75) is 12.5 Å². The zero-order valence-corrected chi connectivity index (χ0v) is 20.5. The Labute approximate surface area is 211 Å². The third-order valence-corrected chi connectivity index (χ3v) is 8.08. The first kappa shape index (κ1) is 22.8. The highest BCUT2D eigenvalue weighted by Gasteiger charge is 2.34. The normalized spacial score (nSPS) is 18.2. The minimum Gasteiger partial charge on any atom is -0.506 e. The molecule has 184 valence electrons. The Bertz CT molecular complexity index is 1520. The summed E-state index contributed by atoms with van der Waals surface area (Å²) in [5.41, 5.74) is 1.78. The standard InChI is InChI=1S/C27H25FN4O3S/c1-30-21-5-3-2-4-19(21)26(33)25(27(30)34)20-16-22(32(29-20)18-8-6-17(28)7-9-18)23-10-11-24(36-23)31-12-14-35-15-13-31/h2-11,22,33H,12-16H2,1H3. The molecule has 1 unspecified atom stereocenters. The fourth-order valence-electron chi connectivity index (χ4n) is 4.93. The molecule has 2 aromatic carbocycles. The van der Waals surface area contributed by atoms with E-state index >= 15 is 0 Å². The number of aromatic nitrogens is 1. The van der Waals surface area contributed by atoms with Crippen LogP contribution in [0.25, 0.3) is 10.9 Å². The van der Waals surface area contributed by atoms with Crippen molar-refractivity contribution in [3.05, 3.63) is 87.3 Å². The first-order valence-corrected chi connectivity index (χ1v) is 12.7. The van der Waals surface area contributed by atoms with Gasteiger partial charge in [-0.3, -0.25) is 9.80 Å². The maximum atomic E-state index is 13.7. The van der Waals surface area contributed by atoms with Gasteiger partial charge in [0.25, 0.3) is 5.56 Å². The zero-order chi connectivity index (χ0) is 24.8. The predicted molar refractivity (Wildman–Crippen MR) is 141 cm³/mol. The molecule has 1 fully saturated rings. The van der Waals surface area contributed by atoms with Crippen molar-refractivity contribution in [3.63, 3.8) is 0 Å². The van der Waals surface area contributed by atoms with Gasteiger partial charge in [-0.2, -0.15) is 5.10 Å². The number of fused-ring (bicyclic) bond motifs is 1. The van der Waals surface area contributed by atoms with Gasteiger partial charge in [-0.15, -0.1) is 11.3 Å². The minimum atomic E-state index is -0.328. The molecule has 1 N–H and O–H groups in total. The Morgan fingerprint density at radius 3 is 2.58 bits per heavy atom. The van der Waals surface area contributed by atoms with Crippen molar-refractivity contribution in [1.82, 2.24) is 4.57 Å². The Morgan fingerprint density at radius 1 is 1.06 bits per heavy atom. The molecule has 0 spiro atoms. The van der Waals surface area contributed by atoms with Gasteiger partial charge in [0.15, 0.2) is 0 Å². The first-order chi connectivity index (χ1) is 17.5. The molecule has 4 aromatic rings. The van der Waals surface area contributed by atoms with Crippen LogP contribution in [0, 0.1) is 5.82 Å². The van der Waals surface area contributed by atoms with Gasteiger partial charge in [-0.25, -0.2) is 4.39 Å². The Morgan fingerprint density at radius 2 is 1.81 bits per heavy atom. The molecule has 0 saturated carbocycles. The van der Waals surface area contributed by atoms with E-state index < -0.39 is 0 Å². The molecule has 6 rings (SSSR count). The van der Waals surface area contributed by atoms with E-state index in [2.05, 4.69) is 17.0 Å². The van der Waals surface area contributed by atoms with E-state index in [4.69, 9.17) is 9.84 Å². The highest BCUT2D eigenvalue weighted by atomic mass is 32.1. The number of hydrazone groups is 1. The van der Waals surface area contributed by atoms with Crippen LogP contribution in [0.1, 0.15) is 22.9 Å². The van der Waals surface area contributed by atoms with Crippen LogP contribution in [0.3, 0.4) is 0 Å². The highest BCUT2D eigenvalue weighted by Crippen LogP contribution is 2.42. The third-order valence-electron chi connectivity index (χ3n) is 6.83. The van der Waals surface area contributed by atoms with Crippen molar-refractivity contribution >= 4 is 38.6 Å². The first-order valence-electron chi connectivity index (χ1n) is 11.9. The van der Waals surface area contributed by atoms with Crippen molar-refractivity contribution in [2.75, 3.05) is 36.2 Å².